The van der Waals surface area contributed by atoms with Crippen molar-refractivity contribution < 1.29 is 14.6 Å². The summed E-state index contributed by atoms with van der Waals surface area (Å²) in [6.45, 7) is 2.93. The van der Waals surface area contributed by atoms with Crippen LogP contribution < -0.4 is 0 Å². The fraction of sp³-hybridized carbons (Fsp3) is 0.308. The summed E-state index contributed by atoms with van der Waals surface area (Å²) >= 11 is 0. The molecule has 0 aromatic heterocycles. The van der Waals surface area contributed by atoms with E-state index < -0.39 is 0 Å². The molecule has 1 aliphatic rings. The Morgan fingerprint density at radius 2 is 2.18 bits per heavy atom. The first kappa shape index (κ1) is 11.7. The zero-order valence-corrected chi connectivity index (χ0v) is 9.67. The van der Waals surface area contributed by atoms with Crippen molar-refractivity contribution >= 4 is 11.5 Å². The minimum atomic E-state index is -0.235. The highest BCUT2D eigenvalue weighted by molar-refractivity contribution is 6.19. The molecular weight excluding hydrogens is 218 g/mol. The summed E-state index contributed by atoms with van der Waals surface area (Å²) in [4.78, 5) is 13.8. The van der Waals surface area contributed by atoms with Crippen molar-refractivity contribution in [2.75, 3.05) is 13.2 Å². The van der Waals surface area contributed by atoms with E-state index in [0.717, 1.165) is 6.26 Å². The van der Waals surface area contributed by atoms with Gasteiger partial charge < -0.3 is 14.7 Å². The van der Waals surface area contributed by atoms with Crippen LogP contribution in [0.1, 0.15) is 12.5 Å². The molecule has 4 heteroatoms. The number of carbonyl (C=O) groups is 1. The third-order valence-electron chi connectivity index (χ3n) is 2.84. The smallest absolute Gasteiger partial charge is 0.259 e. The Morgan fingerprint density at radius 1 is 1.47 bits per heavy atom. The van der Waals surface area contributed by atoms with E-state index >= 15 is 0 Å². The number of ether oxygens (including phenoxy) is 1. The highest BCUT2D eigenvalue weighted by atomic mass is 16.5. The number of aliphatic hydroxyl groups excluding tert-OH is 1. The van der Waals surface area contributed by atoms with E-state index in [-0.39, 0.29) is 12.1 Å². The largest absolute Gasteiger partial charge is 0.515 e. The number of amides is 1. The lowest BCUT2D eigenvalue weighted by Gasteiger charge is -2.20. The van der Waals surface area contributed by atoms with E-state index in [1.165, 1.54) is 0 Å². The molecule has 1 fully saturated rings. The van der Waals surface area contributed by atoms with E-state index in [1.807, 2.05) is 25.1 Å². The van der Waals surface area contributed by atoms with Gasteiger partial charge in [0.2, 0.25) is 0 Å². The quantitative estimate of drug-likeness (QED) is 0.626. The van der Waals surface area contributed by atoms with Crippen LogP contribution in [0.2, 0.25) is 0 Å². The average molecular weight is 233 g/mol. The van der Waals surface area contributed by atoms with Gasteiger partial charge in [0, 0.05) is 6.54 Å². The molecule has 1 atom stereocenters. The molecule has 0 spiro atoms. The fourth-order valence-corrected chi connectivity index (χ4v) is 1.89. The fourth-order valence-electron chi connectivity index (χ4n) is 1.89. The number of benzene rings is 1. The van der Waals surface area contributed by atoms with Crippen molar-refractivity contribution in [3.05, 3.63) is 42.2 Å². The summed E-state index contributed by atoms with van der Waals surface area (Å²) in [5, 5.41) is 9.25. The molecule has 17 heavy (non-hydrogen) atoms. The Kier molecular flexibility index (Phi) is 3.44. The third-order valence-corrected chi connectivity index (χ3v) is 2.84. The lowest BCUT2D eigenvalue weighted by atomic mass is 10.1. The number of rotatable bonds is 2. The minimum Gasteiger partial charge on any atom is -0.515 e. The highest BCUT2D eigenvalue weighted by Crippen LogP contribution is 2.20. The van der Waals surface area contributed by atoms with Gasteiger partial charge in [-0.25, -0.2) is 0 Å². The Bertz CT molecular complexity index is 428. The van der Waals surface area contributed by atoms with Crippen LogP contribution in [0.3, 0.4) is 0 Å². The summed E-state index contributed by atoms with van der Waals surface area (Å²) in [7, 11) is 0. The Hall–Kier alpha value is -1.81. The monoisotopic (exact) mass is 233 g/mol. The van der Waals surface area contributed by atoms with E-state index in [9.17, 15) is 9.90 Å². The van der Waals surface area contributed by atoms with Crippen LogP contribution in [0, 0.1) is 0 Å². The first-order valence-corrected chi connectivity index (χ1v) is 5.56. The maximum Gasteiger partial charge on any atom is 0.259 e. The number of hydrogen-bond acceptors (Lipinski definition) is 3. The van der Waals surface area contributed by atoms with Crippen molar-refractivity contribution in [2.45, 2.75) is 13.2 Å². The maximum absolute atomic E-state index is 12.2. The van der Waals surface area contributed by atoms with Crippen LogP contribution in [0.5, 0.6) is 0 Å². The Morgan fingerprint density at radius 3 is 2.71 bits per heavy atom. The zero-order valence-electron chi connectivity index (χ0n) is 9.67. The number of aliphatic hydroxyl groups is 1. The highest BCUT2D eigenvalue weighted by Gasteiger charge is 2.28. The molecule has 4 nitrogen and oxygen atoms in total. The van der Waals surface area contributed by atoms with Crippen molar-refractivity contribution in [3.8, 4) is 0 Å². The summed E-state index contributed by atoms with van der Waals surface area (Å²) in [6.07, 6.45) is 0.629. The van der Waals surface area contributed by atoms with Gasteiger partial charge in [-0.1, -0.05) is 30.3 Å². The van der Waals surface area contributed by atoms with Gasteiger partial charge in [0.1, 0.15) is 6.23 Å². The van der Waals surface area contributed by atoms with Gasteiger partial charge in [-0.3, -0.25) is 4.79 Å². The van der Waals surface area contributed by atoms with Gasteiger partial charge in [0.25, 0.3) is 5.91 Å². The maximum atomic E-state index is 12.2. The summed E-state index contributed by atoms with van der Waals surface area (Å²) < 4.78 is 5.31. The lowest BCUT2D eigenvalue weighted by Crippen LogP contribution is -2.34. The van der Waals surface area contributed by atoms with Gasteiger partial charge in [0.05, 0.1) is 18.4 Å². The summed E-state index contributed by atoms with van der Waals surface area (Å²) in [6, 6.07) is 9.11. The van der Waals surface area contributed by atoms with Crippen molar-refractivity contribution in [3.63, 3.8) is 0 Å². The molecule has 0 radical (unpaired) electrons. The van der Waals surface area contributed by atoms with Crippen molar-refractivity contribution in [1.82, 2.24) is 4.90 Å². The molecular formula is C13H15NO3. The van der Waals surface area contributed by atoms with Crippen LogP contribution >= 0.6 is 0 Å². The van der Waals surface area contributed by atoms with Crippen LogP contribution in [-0.4, -0.2) is 35.3 Å². The van der Waals surface area contributed by atoms with E-state index in [1.54, 1.807) is 17.0 Å². The van der Waals surface area contributed by atoms with Gasteiger partial charge in [-0.2, -0.15) is 0 Å². The van der Waals surface area contributed by atoms with Gasteiger partial charge in [-0.05, 0) is 12.5 Å². The molecule has 1 aliphatic heterocycles. The van der Waals surface area contributed by atoms with E-state index in [4.69, 9.17) is 4.74 Å². The molecule has 1 aromatic rings. The van der Waals surface area contributed by atoms with E-state index in [0.29, 0.717) is 24.3 Å². The minimum absolute atomic E-state index is 0.205. The SMILES string of the molecule is CC1OCCN1C(=O)/C(=C\O)c1ccccc1. The molecule has 90 valence electrons. The van der Waals surface area contributed by atoms with Crippen LogP contribution in [0.25, 0.3) is 5.57 Å². The molecule has 1 saturated heterocycles. The van der Waals surface area contributed by atoms with Gasteiger partial charge in [-0.15, -0.1) is 0 Å². The molecule has 1 amide bonds. The van der Waals surface area contributed by atoms with Crippen molar-refractivity contribution in [2.24, 2.45) is 0 Å². The third kappa shape index (κ3) is 2.31. The van der Waals surface area contributed by atoms with E-state index in [2.05, 4.69) is 0 Å². The predicted molar refractivity (Wildman–Crippen MR) is 64.2 cm³/mol. The number of carbonyl (C=O) groups excluding carboxylic acids is 1. The number of hydrogen-bond donors (Lipinski definition) is 1. The Balaban J connectivity index is 2.23. The predicted octanol–water partition coefficient (Wildman–Crippen LogP) is 1.79. The molecule has 2 rings (SSSR count). The topological polar surface area (TPSA) is 49.8 Å². The second-order valence-electron chi connectivity index (χ2n) is 3.88. The van der Waals surface area contributed by atoms with Gasteiger partial charge in [0.15, 0.2) is 0 Å². The molecule has 1 heterocycles. The normalized spacial score (nSPS) is 20.6. The first-order chi connectivity index (χ1) is 8.24. The number of nitrogens with zero attached hydrogens (tertiary/aromatic N) is 1. The second-order valence-corrected chi connectivity index (χ2v) is 3.88. The Labute approximate surface area is 100 Å². The molecule has 1 aromatic carbocycles. The second kappa shape index (κ2) is 5.01. The van der Waals surface area contributed by atoms with Gasteiger partial charge >= 0.3 is 0 Å². The average Bonchev–Trinajstić information content (AvgIpc) is 2.77. The molecule has 1 N–H and O–H groups in total. The van der Waals surface area contributed by atoms with Crippen LogP contribution in [0.4, 0.5) is 0 Å². The molecule has 0 aliphatic carbocycles. The van der Waals surface area contributed by atoms with Crippen LogP contribution in [0.15, 0.2) is 36.6 Å². The van der Waals surface area contributed by atoms with Crippen molar-refractivity contribution in [1.29, 1.82) is 0 Å². The molecule has 0 bridgehead atoms. The standard InChI is InChI=1S/C13H15NO3/c1-10-14(7-8-17-10)13(16)12(9-15)11-5-3-2-4-6-11/h2-6,9-10,15H,7-8H2,1H3/b12-9-. The lowest BCUT2D eigenvalue weighted by molar-refractivity contribution is -0.128. The summed E-state index contributed by atoms with van der Waals surface area (Å²) in [5.74, 6) is -0.205. The summed E-state index contributed by atoms with van der Waals surface area (Å²) in [5.41, 5.74) is 1.00. The first-order valence-electron chi connectivity index (χ1n) is 5.56. The molecule has 1 unspecified atom stereocenters. The molecule has 0 saturated carbocycles. The van der Waals surface area contributed by atoms with Crippen LogP contribution in [-0.2, 0) is 9.53 Å². The zero-order chi connectivity index (χ0) is 12.3.